The molecule has 1 aromatic carbocycles. The Kier molecular flexibility index (Phi) is 3.39. The van der Waals surface area contributed by atoms with Crippen LogP contribution in [-0.4, -0.2) is 25.1 Å². The van der Waals surface area contributed by atoms with E-state index in [9.17, 15) is 19.3 Å². The van der Waals surface area contributed by atoms with Crippen molar-refractivity contribution in [3.63, 3.8) is 0 Å². The molecule has 1 aromatic rings. The number of hydrogen-bond donors (Lipinski definition) is 0. The number of methoxy groups -OCH3 is 2. The van der Waals surface area contributed by atoms with E-state index in [-0.39, 0.29) is 11.3 Å². The molecule has 0 fully saturated rings. The van der Waals surface area contributed by atoms with Crippen LogP contribution in [0.25, 0.3) is 0 Å². The summed E-state index contributed by atoms with van der Waals surface area (Å²) >= 11 is 0. The van der Waals surface area contributed by atoms with Gasteiger partial charge in [-0.3, -0.25) is 10.1 Å². The molecule has 0 saturated heterocycles. The third-order valence-corrected chi connectivity index (χ3v) is 1.86. The van der Waals surface area contributed by atoms with Crippen molar-refractivity contribution in [2.45, 2.75) is 0 Å². The molecule has 0 radical (unpaired) electrons. The summed E-state index contributed by atoms with van der Waals surface area (Å²) < 4.78 is 22.3. The summed E-state index contributed by atoms with van der Waals surface area (Å²) in [5, 5.41) is 10.5. The van der Waals surface area contributed by atoms with Crippen molar-refractivity contribution in [3.8, 4) is 5.75 Å². The van der Waals surface area contributed by atoms with Gasteiger partial charge < -0.3 is 9.47 Å². The number of carbonyl (C=O) groups excluding carboxylic acids is 1. The molecule has 0 spiro atoms. The van der Waals surface area contributed by atoms with Gasteiger partial charge in [-0.05, 0) is 6.07 Å². The van der Waals surface area contributed by atoms with Gasteiger partial charge in [0.1, 0.15) is 0 Å². The number of ether oxygens (including phenoxy) is 2. The Labute approximate surface area is 89.7 Å². The maximum atomic E-state index is 13.4. The molecule has 0 heterocycles. The van der Waals surface area contributed by atoms with Crippen molar-refractivity contribution >= 4 is 11.7 Å². The Morgan fingerprint density at radius 3 is 2.50 bits per heavy atom. The highest BCUT2D eigenvalue weighted by molar-refractivity contribution is 5.90. The second-order valence-corrected chi connectivity index (χ2v) is 2.76. The molecule has 0 N–H and O–H groups in total. The predicted molar refractivity (Wildman–Crippen MR) is 50.9 cm³/mol. The Morgan fingerprint density at radius 1 is 1.44 bits per heavy atom. The fourth-order valence-electron chi connectivity index (χ4n) is 1.10. The van der Waals surface area contributed by atoms with E-state index in [1.165, 1.54) is 0 Å². The molecule has 0 unspecified atom stereocenters. The van der Waals surface area contributed by atoms with Crippen LogP contribution in [0, 0.1) is 15.9 Å². The molecule has 0 aliphatic carbocycles. The average molecular weight is 229 g/mol. The number of hydrogen-bond acceptors (Lipinski definition) is 5. The standard InChI is InChI=1S/C9H8FNO5/c1-15-7-4-5(9(12)16-2)3-6(8(7)10)11(13)14/h3-4H,1-2H3. The zero-order valence-electron chi connectivity index (χ0n) is 8.52. The molecular formula is C9H8FNO5. The first-order valence-corrected chi connectivity index (χ1v) is 4.11. The van der Waals surface area contributed by atoms with Crippen LogP contribution < -0.4 is 4.74 Å². The SMILES string of the molecule is COC(=O)c1cc(OC)c(F)c([N+](=O)[O-])c1. The predicted octanol–water partition coefficient (Wildman–Crippen LogP) is 1.53. The zero-order valence-corrected chi connectivity index (χ0v) is 8.52. The van der Waals surface area contributed by atoms with Crippen molar-refractivity contribution in [1.82, 2.24) is 0 Å². The zero-order chi connectivity index (χ0) is 12.3. The number of rotatable bonds is 3. The minimum Gasteiger partial charge on any atom is -0.493 e. The lowest BCUT2D eigenvalue weighted by Crippen LogP contribution is -2.05. The van der Waals surface area contributed by atoms with Crippen LogP contribution in [0.5, 0.6) is 5.75 Å². The first-order valence-electron chi connectivity index (χ1n) is 4.11. The molecule has 0 aliphatic heterocycles. The van der Waals surface area contributed by atoms with Crippen LogP contribution in [0.1, 0.15) is 10.4 Å². The van der Waals surface area contributed by atoms with Gasteiger partial charge in [-0.15, -0.1) is 0 Å². The number of carbonyl (C=O) groups is 1. The third-order valence-electron chi connectivity index (χ3n) is 1.86. The quantitative estimate of drug-likeness (QED) is 0.446. The van der Waals surface area contributed by atoms with Gasteiger partial charge in [0.15, 0.2) is 5.75 Å². The van der Waals surface area contributed by atoms with Crippen molar-refractivity contribution in [3.05, 3.63) is 33.6 Å². The van der Waals surface area contributed by atoms with E-state index in [4.69, 9.17) is 0 Å². The minimum absolute atomic E-state index is 0.146. The second kappa shape index (κ2) is 4.56. The van der Waals surface area contributed by atoms with Crippen LogP contribution in [-0.2, 0) is 4.74 Å². The molecule has 1 rings (SSSR count). The van der Waals surface area contributed by atoms with E-state index in [0.717, 1.165) is 26.4 Å². The monoisotopic (exact) mass is 229 g/mol. The van der Waals surface area contributed by atoms with Crippen LogP contribution >= 0.6 is 0 Å². The summed E-state index contributed by atoms with van der Waals surface area (Å²) in [6.07, 6.45) is 0. The number of nitrogens with zero attached hydrogens (tertiary/aromatic N) is 1. The lowest BCUT2D eigenvalue weighted by Gasteiger charge is -2.05. The van der Waals surface area contributed by atoms with Crippen LogP contribution in [0.15, 0.2) is 12.1 Å². The van der Waals surface area contributed by atoms with Gasteiger partial charge in [-0.1, -0.05) is 0 Å². The van der Waals surface area contributed by atoms with Crippen molar-refractivity contribution < 1.29 is 23.6 Å². The highest BCUT2D eigenvalue weighted by atomic mass is 19.1. The number of nitro benzene ring substituents is 1. The molecule has 16 heavy (non-hydrogen) atoms. The molecule has 0 bridgehead atoms. The van der Waals surface area contributed by atoms with Crippen molar-refractivity contribution in [1.29, 1.82) is 0 Å². The third kappa shape index (κ3) is 2.08. The summed E-state index contributed by atoms with van der Waals surface area (Å²) in [5.41, 5.74) is -0.979. The first-order chi connectivity index (χ1) is 7.51. The lowest BCUT2D eigenvalue weighted by molar-refractivity contribution is -0.387. The number of nitro groups is 1. The Hall–Kier alpha value is -2.18. The lowest BCUT2D eigenvalue weighted by atomic mass is 10.2. The van der Waals surface area contributed by atoms with Gasteiger partial charge in [-0.2, -0.15) is 4.39 Å². The maximum Gasteiger partial charge on any atom is 0.338 e. The molecular weight excluding hydrogens is 221 g/mol. The van der Waals surface area contributed by atoms with E-state index in [1.54, 1.807) is 0 Å². The van der Waals surface area contributed by atoms with Crippen LogP contribution in [0.4, 0.5) is 10.1 Å². The molecule has 0 aliphatic rings. The molecule has 0 aromatic heterocycles. The summed E-state index contributed by atoms with van der Waals surface area (Å²) in [6, 6.07) is 1.83. The highest BCUT2D eigenvalue weighted by Gasteiger charge is 2.23. The van der Waals surface area contributed by atoms with Gasteiger partial charge in [0.2, 0.25) is 5.82 Å². The number of benzene rings is 1. The molecule has 0 amide bonds. The van der Waals surface area contributed by atoms with E-state index in [0.29, 0.717) is 0 Å². The Balaban J connectivity index is 3.40. The van der Waals surface area contributed by atoms with Crippen LogP contribution in [0.3, 0.4) is 0 Å². The molecule has 0 atom stereocenters. The molecule has 6 nitrogen and oxygen atoms in total. The summed E-state index contributed by atoms with van der Waals surface area (Å²) in [6.45, 7) is 0. The van der Waals surface area contributed by atoms with Crippen molar-refractivity contribution in [2.24, 2.45) is 0 Å². The molecule has 7 heteroatoms. The van der Waals surface area contributed by atoms with E-state index < -0.39 is 22.4 Å². The first kappa shape index (κ1) is 11.9. The highest BCUT2D eigenvalue weighted by Crippen LogP contribution is 2.28. The van der Waals surface area contributed by atoms with Gasteiger partial charge in [0.05, 0.1) is 24.7 Å². The average Bonchev–Trinajstić information content (AvgIpc) is 2.27. The smallest absolute Gasteiger partial charge is 0.338 e. The second-order valence-electron chi connectivity index (χ2n) is 2.76. The van der Waals surface area contributed by atoms with Gasteiger partial charge >= 0.3 is 11.7 Å². The number of esters is 1. The topological polar surface area (TPSA) is 78.7 Å². The Morgan fingerprint density at radius 2 is 2.06 bits per heavy atom. The summed E-state index contributed by atoms with van der Waals surface area (Å²) in [5.74, 6) is -2.31. The van der Waals surface area contributed by atoms with Crippen LogP contribution in [0.2, 0.25) is 0 Å². The Bertz CT molecular complexity index is 446. The van der Waals surface area contributed by atoms with E-state index >= 15 is 0 Å². The minimum atomic E-state index is -1.12. The van der Waals surface area contributed by atoms with E-state index in [1.807, 2.05) is 0 Å². The normalized spacial score (nSPS) is 9.69. The molecule has 86 valence electrons. The number of halogens is 1. The summed E-state index contributed by atoms with van der Waals surface area (Å²) in [7, 11) is 2.26. The maximum absolute atomic E-state index is 13.4. The largest absolute Gasteiger partial charge is 0.493 e. The fraction of sp³-hybridized carbons (Fsp3) is 0.222. The van der Waals surface area contributed by atoms with Crippen molar-refractivity contribution in [2.75, 3.05) is 14.2 Å². The van der Waals surface area contributed by atoms with Gasteiger partial charge in [0, 0.05) is 6.07 Å². The molecule has 0 saturated carbocycles. The van der Waals surface area contributed by atoms with E-state index in [2.05, 4.69) is 9.47 Å². The van der Waals surface area contributed by atoms with Gasteiger partial charge in [-0.25, -0.2) is 4.79 Å². The fourth-order valence-corrected chi connectivity index (χ4v) is 1.10. The van der Waals surface area contributed by atoms with Gasteiger partial charge in [0.25, 0.3) is 0 Å². The summed E-state index contributed by atoms with van der Waals surface area (Å²) in [4.78, 5) is 20.7.